The number of hydrogen-bond donors (Lipinski definition) is 1. The van der Waals surface area contributed by atoms with Gasteiger partial charge < -0.3 is 10.0 Å². The van der Waals surface area contributed by atoms with Gasteiger partial charge in [-0.2, -0.15) is 0 Å². The average molecular weight is 303 g/mol. The largest absolute Gasteiger partial charge is 0.478 e. The van der Waals surface area contributed by atoms with Gasteiger partial charge in [-0.15, -0.1) is 0 Å². The van der Waals surface area contributed by atoms with E-state index in [-0.39, 0.29) is 17.9 Å². The molecular weight excluding hydrogens is 278 g/mol. The zero-order valence-electron chi connectivity index (χ0n) is 13.4. The molecule has 1 amide bonds. The van der Waals surface area contributed by atoms with Gasteiger partial charge in [-0.05, 0) is 43.2 Å². The smallest absolute Gasteiger partial charge is 0.335 e. The van der Waals surface area contributed by atoms with E-state index in [1.54, 1.807) is 24.3 Å². The van der Waals surface area contributed by atoms with Gasteiger partial charge in [0.05, 0.1) is 12.0 Å². The number of carbonyl (C=O) groups excluding carboxylic acids is 1. The first kappa shape index (κ1) is 16.5. The van der Waals surface area contributed by atoms with E-state index in [4.69, 9.17) is 0 Å². The summed E-state index contributed by atoms with van der Waals surface area (Å²) in [6.45, 7) is 2.22. The maximum atomic E-state index is 12.5. The van der Waals surface area contributed by atoms with Crippen LogP contribution in [0.5, 0.6) is 0 Å². The molecule has 0 radical (unpaired) electrons. The summed E-state index contributed by atoms with van der Waals surface area (Å²) in [6.07, 6.45) is 5.86. The van der Waals surface area contributed by atoms with Crippen molar-refractivity contribution in [1.82, 2.24) is 4.90 Å². The summed E-state index contributed by atoms with van der Waals surface area (Å²) in [4.78, 5) is 25.5. The average Bonchev–Trinajstić information content (AvgIpc) is 2.54. The van der Waals surface area contributed by atoms with Gasteiger partial charge in [-0.1, -0.05) is 31.5 Å². The highest BCUT2D eigenvalue weighted by Gasteiger charge is 2.26. The van der Waals surface area contributed by atoms with Crippen LogP contribution in [0.2, 0.25) is 0 Å². The zero-order chi connectivity index (χ0) is 16.1. The minimum Gasteiger partial charge on any atom is -0.478 e. The Labute approximate surface area is 132 Å². The Morgan fingerprint density at radius 3 is 2.41 bits per heavy atom. The molecule has 0 aliphatic heterocycles. The van der Waals surface area contributed by atoms with E-state index < -0.39 is 5.97 Å². The number of carbonyl (C=O) groups is 2. The monoisotopic (exact) mass is 303 g/mol. The van der Waals surface area contributed by atoms with Gasteiger partial charge in [-0.3, -0.25) is 4.79 Å². The zero-order valence-corrected chi connectivity index (χ0v) is 13.4. The number of hydrogen-bond acceptors (Lipinski definition) is 2. The molecular formula is C18H25NO3. The Balaban J connectivity index is 1.99. The Morgan fingerprint density at radius 1 is 1.18 bits per heavy atom. The van der Waals surface area contributed by atoms with Gasteiger partial charge in [0.1, 0.15) is 0 Å². The van der Waals surface area contributed by atoms with Crippen LogP contribution in [0.1, 0.15) is 54.9 Å². The van der Waals surface area contributed by atoms with E-state index in [2.05, 4.69) is 6.92 Å². The minimum absolute atomic E-state index is 0.00801. The van der Waals surface area contributed by atoms with Crippen molar-refractivity contribution in [3.8, 4) is 0 Å². The van der Waals surface area contributed by atoms with E-state index in [0.29, 0.717) is 11.6 Å². The summed E-state index contributed by atoms with van der Waals surface area (Å²) >= 11 is 0. The predicted octanol–water partition coefficient (Wildman–Crippen LogP) is 3.35. The molecule has 1 aromatic rings. The molecule has 1 aromatic carbocycles. The third kappa shape index (κ3) is 3.87. The maximum Gasteiger partial charge on any atom is 0.335 e. The Morgan fingerprint density at radius 2 is 1.82 bits per heavy atom. The minimum atomic E-state index is -0.977. The van der Waals surface area contributed by atoms with Gasteiger partial charge in [0.2, 0.25) is 5.91 Å². The van der Waals surface area contributed by atoms with E-state index in [9.17, 15) is 14.7 Å². The summed E-state index contributed by atoms with van der Waals surface area (Å²) in [5.41, 5.74) is 0.813. The SMILES string of the molecule is CCC1CCC(N(C)C(=O)Cc2ccccc2C(=O)O)CC1. The van der Waals surface area contributed by atoms with E-state index in [1.807, 2.05) is 11.9 Å². The van der Waals surface area contributed by atoms with Crippen molar-refractivity contribution in [3.05, 3.63) is 35.4 Å². The van der Waals surface area contributed by atoms with Crippen molar-refractivity contribution in [1.29, 1.82) is 0 Å². The Bertz CT molecular complexity index is 533. The summed E-state index contributed by atoms with van der Waals surface area (Å²) in [5, 5.41) is 9.20. The number of amides is 1. The number of aromatic carboxylic acids is 1. The molecule has 1 N–H and O–H groups in total. The Kier molecular flexibility index (Phi) is 5.58. The fourth-order valence-electron chi connectivity index (χ4n) is 3.31. The van der Waals surface area contributed by atoms with E-state index in [1.165, 1.54) is 19.3 Å². The lowest BCUT2D eigenvalue weighted by Gasteiger charge is -2.34. The van der Waals surface area contributed by atoms with Crippen LogP contribution >= 0.6 is 0 Å². The summed E-state index contributed by atoms with van der Waals surface area (Å²) in [5.74, 6) is -0.171. The molecule has 1 fully saturated rings. The van der Waals surface area contributed by atoms with Crippen LogP contribution in [0.4, 0.5) is 0 Å². The van der Waals surface area contributed by atoms with Crippen molar-refractivity contribution >= 4 is 11.9 Å². The summed E-state index contributed by atoms with van der Waals surface area (Å²) < 4.78 is 0. The molecule has 0 bridgehead atoms. The fourth-order valence-corrected chi connectivity index (χ4v) is 3.31. The molecule has 1 aliphatic rings. The molecule has 4 heteroatoms. The molecule has 1 saturated carbocycles. The number of carboxylic acids is 1. The lowest BCUT2D eigenvalue weighted by molar-refractivity contribution is -0.132. The third-order valence-electron chi connectivity index (χ3n) is 4.92. The number of nitrogens with zero attached hydrogens (tertiary/aromatic N) is 1. The lowest BCUT2D eigenvalue weighted by atomic mass is 9.84. The van der Waals surface area contributed by atoms with Crippen molar-refractivity contribution in [2.75, 3.05) is 7.05 Å². The van der Waals surface area contributed by atoms with Gasteiger partial charge in [0.15, 0.2) is 0 Å². The normalized spacial score (nSPS) is 21.4. The summed E-state index contributed by atoms with van der Waals surface area (Å²) in [7, 11) is 1.85. The second-order valence-corrected chi connectivity index (χ2v) is 6.23. The molecule has 0 atom stereocenters. The van der Waals surface area contributed by atoms with E-state index in [0.717, 1.165) is 18.8 Å². The quantitative estimate of drug-likeness (QED) is 0.907. The van der Waals surface area contributed by atoms with Gasteiger partial charge in [0.25, 0.3) is 0 Å². The van der Waals surface area contributed by atoms with Gasteiger partial charge >= 0.3 is 5.97 Å². The van der Waals surface area contributed by atoms with Crippen LogP contribution in [0, 0.1) is 5.92 Å². The van der Waals surface area contributed by atoms with Crippen LogP contribution in [0.15, 0.2) is 24.3 Å². The van der Waals surface area contributed by atoms with Gasteiger partial charge in [-0.25, -0.2) is 4.79 Å². The molecule has 0 saturated heterocycles. The van der Waals surface area contributed by atoms with Crippen LogP contribution in [0.3, 0.4) is 0 Å². The summed E-state index contributed by atoms with van der Waals surface area (Å²) in [6, 6.07) is 7.04. The predicted molar refractivity (Wildman–Crippen MR) is 85.9 cm³/mol. The van der Waals surface area contributed by atoms with Crippen LogP contribution in [0.25, 0.3) is 0 Å². The molecule has 0 spiro atoms. The fraction of sp³-hybridized carbons (Fsp3) is 0.556. The standard InChI is InChI=1S/C18H25NO3/c1-3-13-8-10-15(11-9-13)19(2)17(20)12-14-6-4-5-7-16(14)18(21)22/h4-7,13,15H,3,8-12H2,1-2H3,(H,21,22). The molecule has 4 nitrogen and oxygen atoms in total. The van der Waals surface area contributed by atoms with Crippen LogP contribution < -0.4 is 0 Å². The van der Waals surface area contributed by atoms with Crippen molar-refractivity contribution in [3.63, 3.8) is 0 Å². The van der Waals surface area contributed by atoms with Crippen molar-refractivity contribution in [2.24, 2.45) is 5.92 Å². The number of rotatable bonds is 5. The number of carboxylic acid groups (broad SMARTS) is 1. The maximum absolute atomic E-state index is 12.5. The highest BCUT2D eigenvalue weighted by atomic mass is 16.4. The molecule has 1 aliphatic carbocycles. The molecule has 120 valence electrons. The Hall–Kier alpha value is -1.84. The van der Waals surface area contributed by atoms with Crippen LogP contribution in [-0.2, 0) is 11.2 Å². The topological polar surface area (TPSA) is 57.6 Å². The molecule has 0 heterocycles. The number of benzene rings is 1. The van der Waals surface area contributed by atoms with Crippen LogP contribution in [-0.4, -0.2) is 35.0 Å². The van der Waals surface area contributed by atoms with E-state index >= 15 is 0 Å². The molecule has 2 rings (SSSR count). The highest BCUT2D eigenvalue weighted by molar-refractivity contribution is 5.91. The lowest BCUT2D eigenvalue weighted by Crippen LogP contribution is -2.40. The first-order chi connectivity index (χ1) is 10.5. The first-order valence-corrected chi connectivity index (χ1v) is 8.09. The van der Waals surface area contributed by atoms with Crippen molar-refractivity contribution in [2.45, 2.75) is 51.5 Å². The van der Waals surface area contributed by atoms with Crippen molar-refractivity contribution < 1.29 is 14.7 Å². The molecule has 0 aromatic heterocycles. The first-order valence-electron chi connectivity index (χ1n) is 8.09. The second-order valence-electron chi connectivity index (χ2n) is 6.23. The molecule has 0 unspecified atom stereocenters. The molecule has 22 heavy (non-hydrogen) atoms. The van der Waals surface area contributed by atoms with Gasteiger partial charge in [0, 0.05) is 13.1 Å². The number of likely N-dealkylation sites (N-methyl/N-ethyl adjacent to an activating group) is 1. The second kappa shape index (κ2) is 7.43. The highest BCUT2D eigenvalue weighted by Crippen LogP contribution is 2.29. The third-order valence-corrected chi connectivity index (χ3v) is 4.92.